The Hall–Kier alpha value is -3.03. The number of allylic oxidation sites excluding steroid dienone is 1. The van der Waals surface area contributed by atoms with Crippen molar-refractivity contribution in [2.45, 2.75) is 89.6 Å². The van der Waals surface area contributed by atoms with Crippen molar-refractivity contribution in [3.05, 3.63) is 109 Å². The molecular formula is C35H44O5Si. The van der Waals surface area contributed by atoms with Crippen LogP contribution >= 0.6 is 0 Å². The van der Waals surface area contributed by atoms with E-state index >= 15 is 0 Å². The number of esters is 1. The summed E-state index contributed by atoms with van der Waals surface area (Å²) in [6, 6.07) is 30.2. The molecule has 6 heteroatoms. The summed E-state index contributed by atoms with van der Waals surface area (Å²) in [4.78, 5) is 13.2. The van der Waals surface area contributed by atoms with Crippen molar-refractivity contribution in [3.63, 3.8) is 0 Å². The summed E-state index contributed by atoms with van der Waals surface area (Å²) in [6.07, 6.45) is 1.96. The molecule has 3 aromatic rings. The van der Waals surface area contributed by atoms with E-state index in [4.69, 9.17) is 18.6 Å². The van der Waals surface area contributed by atoms with Crippen molar-refractivity contribution in [1.82, 2.24) is 0 Å². The van der Waals surface area contributed by atoms with Gasteiger partial charge in [-0.05, 0) is 54.2 Å². The molecule has 1 heterocycles. The predicted octanol–water partition coefficient (Wildman–Crippen LogP) is 6.66. The van der Waals surface area contributed by atoms with Crippen LogP contribution < -0.4 is 10.4 Å². The van der Waals surface area contributed by atoms with Crippen LogP contribution in [0.25, 0.3) is 0 Å². The van der Waals surface area contributed by atoms with Gasteiger partial charge in [0.15, 0.2) is 12.4 Å². The second-order valence-corrected chi connectivity index (χ2v) is 16.1. The largest absolute Gasteiger partial charge is 0.453 e. The van der Waals surface area contributed by atoms with E-state index in [2.05, 4.69) is 75.9 Å². The molecule has 5 nitrogen and oxygen atoms in total. The summed E-state index contributed by atoms with van der Waals surface area (Å²) in [7, 11) is -2.86. The van der Waals surface area contributed by atoms with E-state index < -0.39 is 26.7 Å². The van der Waals surface area contributed by atoms with Gasteiger partial charge < -0.3 is 18.6 Å². The Labute approximate surface area is 246 Å². The first-order valence-corrected chi connectivity index (χ1v) is 16.5. The Morgan fingerprint density at radius 1 is 0.951 bits per heavy atom. The second-order valence-electron chi connectivity index (χ2n) is 11.9. The molecule has 3 aromatic carbocycles. The lowest BCUT2D eigenvalue weighted by atomic mass is 10.0. The maximum atomic E-state index is 13.2. The number of hydrogen-bond acceptors (Lipinski definition) is 5. The lowest BCUT2D eigenvalue weighted by Crippen LogP contribution is -2.69. The fourth-order valence-corrected chi connectivity index (χ4v) is 10.4. The van der Waals surface area contributed by atoms with Gasteiger partial charge in [0.25, 0.3) is 8.32 Å². The number of carbonyl (C=O) groups is 1. The van der Waals surface area contributed by atoms with E-state index in [9.17, 15) is 4.79 Å². The zero-order valence-electron chi connectivity index (χ0n) is 25.0. The van der Waals surface area contributed by atoms with E-state index in [1.165, 1.54) is 10.4 Å². The van der Waals surface area contributed by atoms with Gasteiger partial charge in [-0.25, -0.2) is 4.79 Å². The van der Waals surface area contributed by atoms with E-state index in [-0.39, 0.29) is 23.4 Å². The topological polar surface area (TPSA) is 54.0 Å². The van der Waals surface area contributed by atoms with E-state index in [0.717, 1.165) is 12.8 Å². The van der Waals surface area contributed by atoms with Crippen molar-refractivity contribution in [2.75, 3.05) is 0 Å². The van der Waals surface area contributed by atoms with Gasteiger partial charge in [-0.3, -0.25) is 0 Å². The molecule has 0 aliphatic carbocycles. The summed E-state index contributed by atoms with van der Waals surface area (Å²) >= 11 is 0. The Morgan fingerprint density at radius 3 is 2.00 bits per heavy atom. The Kier molecular flexibility index (Phi) is 10.4. The molecule has 0 radical (unpaired) electrons. The summed E-state index contributed by atoms with van der Waals surface area (Å²) in [6.45, 7) is 14.6. The Bertz CT molecular complexity index is 1200. The highest BCUT2D eigenvalue weighted by Crippen LogP contribution is 2.40. The molecule has 0 saturated carbocycles. The summed E-state index contributed by atoms with van der Waals surface area (Å²) in [5.41, 5.74) is 0.494. The fourth-order valence-electron chi connectivity index (χ4n) is 5.63. The lowest BCUT2D eigenvalue weighted by molar-refractivity contribution is -0.270. The number of hydrogen-bond donors (Lipinski definition) is 0. The first-order valence-electron chi connectivity index (χ1n) is 14.6. The maximum Gasteiger partial charge on any atom is 0.338 e. The molecule has 41 heavy (non-hydrogen) atoms. The zero-order chi connectivity index (χ0) is 29.5. The molecular weight excluding hydrogens is 528 g/mol. The summed E-state index contributed by atoms with van der Waals surface area (Å²) in [5.74, 6) is -0.398. The van der Waals surface area contributed by atoms with E-state index in [1.807, 2.05) is 50.3 Å². The van der Waals surface area contributed by atoms with Crippen LogP contribution in [-0.2, 0) is 18.6 Å². The molecule has 4 rings (SSSR count). The molecule has 0 N–H and O–H groups in total. The summed E-state index contributed by atoms with van der Waals surface area (Å²) in [5, 5.41) is 2.19. The van der Waals surface area contributed by atoms with Gasteiger partial charge in [0.1, 0.15) is 0 Å². The Morgan fingerprint density at radius 2 is 1.49 bits per heavy atom. The molecule has 0 spiro atoms. The minimum absolute atomic E-state index is 0.0859. The van der Waals surface area contributed by atoms with Gasteiger partial charge >= 0.3 is 5.97 Å². The molecule has 0 unspecified atom stereocenters. The van der Waals surface area contributed by atoms with Crippen molar-refractivity contribution in [3.8, 4) is 0 Å². The van der Waals surface area contributed by atoms with Crippen LogP contribution in [0.2, 0.25) is 5.04 Å². The van der Waals surface area contributed by atoms with Crippen molar-refractivity contribution < 1.29 is 23.4 Å². The molecule has 218 valence electrons. The monoisotopic (exact) mass is 572 g/mol. The molecule has 0 aromatic heterocycles. The normalized spacial score (nSPS) is 22.1. The smallest absolute Gasteiger partial charge is 0.338 e. The molecule has 1 aliphatic heterocycles. The zero-order valence-corrected chi connectivity index (χ0v) is 26.0. The average Bonchev–Trinajstić information content (AvgIpc) is 2.97. The van der Waals surface area contributed by atoms with Crippen LogP contribution in [0.4, 0.5) is 0 Å². The third kappa shape index (κ3) is 7.25. The van der Waals surface area contributed by atoms with Crippen LogP contribution in [0.3, 0.4) is 0 Å². The average molecular weight is 573 g/mol. The van der Waals surface area contributed by atoms with Crippen LogP contribution in [0.15, 0.2) is 104 Å². The number of rotatable bonds is 11. The number of ether oxygens (including phenoxy) is 3. The number of benzene rings is 3. The summed E-state index contributed by atoms with van der Waals surface area (Å²) < 4.78 is 26.4. The van der Waals surface area contributed by atoms with Crippen molar-refractivity contribution in [1.29, 1.82) is 0 Å². The minimum atomic E-state index is -2.86. The van der Waals surface area contributed by atoms with E-state index in [0.29, 0.717) is 12.0 Å². The molecule has 0 bridgehead atoms. The first-order chi connectivity index (χ1) is 19.7. The molecule has 1 aliphatic rings. The SMILES string of the molecule is C=CCC[C@@H](C)O[C@@H]1O[C@@H](C)[C@H](O[Si](c2ccccc2)(c2ccccc2)C(C)(C)C)C[C@H]1OC(=O)c1ccccc1. The van der Waals surface area contributed by atoms with Gasteiger partial charge in [-0.15, -0.1) is 6.58 Å². The van der Waals surface area contributed by atoms with Crippen LogP contribution in [0, 0.1) is 0 Å². The minimum Gasteiger partial charge on any atom is -0.453 e. The van der Waals surface area contributed by atoms with E-state index in [1.54, 1.807) is 12.1 Å². The van der Waals surface area contributed by atoms with Crippen LogP contribution in [-0.4, -0.2) is 45.0 Å². The Balaban J connectivity index is 1.69. The third-order valence-corrected chi connectivity index (χ3v) is 12.9. The third-order valence-electron chi connectivity index (χ3n) is 7.80. The highest BCUT2D eigenvalue weighted by molar-refractivity contribution is 6.99. The molecule has 0 amide bonds. The predicted molar refractivity (Wildman–Crippen MR) is 167 cm³/mol. The van der Waals surface area contributed by atoms with Gasteiger partial charge in [-0.1, -0.05) is 106 Å². The number of carbonyl (C=O) groups excluding carboxylic acids is 1. The van der Waals surface area contributed by atoms with Gasteiger partial charge in [-0.2, -0.15) is 0 Å². The standard InChI is InChI=1S/C35H44O5Si/c1-7-8-18-26(2)37-34-32(39-33(36)28-19-12-9-13-20-28)25-31(27(3)38-34)40-41(35(4,5)6,29-21-14-10-15-22-29)30-23-16-11-17-24-30/h7,9-17,19-24,26-27,31-32,34H,1,8,18,25H2,2-6H3/t26-,27+,31-,32-,34-/m1/s1. The second kappa shape index (κ2) is 13.8. The van der Waals surface area contributed by atoms with Gasteiger partial charge in [0.2, 0.25) is 0 Å². The molecule has 1 saturated heterocycles. The quantitative estimate of drug-likeness (QED) is 0.146. The highest BCUT2D eigenvalue weighted by Gasteiger charge is 2.53. The first kappa shape index (κ1) is 30.9. The van der Waals surface area contributed by atoms with Gasteiger partial charge in [0, 0.05) is 6.42 Å². The van der Waals surface area contributed by atoms with Crippen LogP contribution in [0.5, 0.6) is 0 Å². The van der Waals surface area contributed by atoms with Crippen molar-refractivity contribution in [2.24, 2.45) is 0 Å². The lowest BCUT2D eigenvalue weighted by Gasteiger charge is -2.48. The van der Waals surface area contributed by atoms with Crippen LogP contribution in [0.1, 0.15) is 64.2 Å². The fraction of sp³-hybridized carbons (Fsp3) is 0.400. The van der Waals surface area contributed by atoms with Crippen molar-refractivity contribution >= 4 is 24.7 Å². The van der Waals surface area contributed by atoms with Gasteiger partial charge in [0.05, 0.1) is 23.9 Å². The maximum absolute atomic E-state index is 13.2. The molecule has 1 fully saturated rings. The highest BCUT2D eigenvalue weighted by atomic mass is 28.4. The molecule has 5 atom stereocenters.